The lowest BCUT2D eigenvalue weighted by molar-refractivity contribution is -0.00546. The van der Waals surface area contributed by atoms with Crippen LogP contribution in [0.2, 0.25) is 0 Å². The van der Waals surface area contributed by atoms with Gasteiger partial charge in [-0.25, -0.2) is 4.98 Å². The van der Waals surface area contributed by atoms with Gasteiger partial charge in [-0.1, -0.05) is 0 Å². The number of nitrogens with one attached hydrogen (secondary N) is 1. The molecular weight excluding hydrogens is 346 g/mol. The molecule has 1 saturated heterocycles. The van der Waals surface area contributed by atoms with Crippen LogP contribution in [0.1, 0.15) is 52.5 Å². The third-order valence-corrected chi connectivity index (χ3v) is 5.63. The number of nitrogens with zero attached hydrogens (tertiary/aromatic N) is 2. The van der Waals surface area contributed by atoms with Gasteiger partial charge in [0.25, 0.3) is 5.91 Å². The van der Waals surface area contributed by atoms with Crippen molar-refractivity contribution >= 4 is 23.1 Å². The second-order valence-corrected chi connectivity index (χ2v) is 8.59. The highest BCUT2D eigenvalue weighted by Gasteiger charge is 2.23. The molecule has 1 amide bonds. The van der Waals surface area contributed by atoms with Crippen LogP contribution in [0, 0.1) is 13.8 Å². The van der Waals surface area contributed by atoms with Gasteiger partial charge in [0.05, 0.1) is 23.8 Å². The summed E-state index contributed by atoms with van der Waals surface area (Å²) in [7, 11) is 0. The number of morpholine rings is 1. The molecule has 3 heterocycles. The zero-order valence-corrected chi connectivity index (χ0v) is 16.9. The fraction of sp³-hybridized carbons (Fsp3) is 0.500. The van der Waals surface area contributed by atoms with Crippen LogP contribution in [0.15, 0.2) is 24.4 Å². The molecule has 2 aromatic rings. The first kappa shape index (κ1) is 18.9. The minimum Gasteiger partial charge on any atom is -0.372 e. The number of amides is 1. The predicted molar refractivity (Wildman–Crippen MR) is 106 cm³/mol. The molecule has 2 aromatic heterocycles. The van der Waals surface area contributed by atoms with Crippen LogP contribution in [0.4, 0.5) is 5.82 Å². The summed E-state index contributed by atoms with van der Waals surface area (Å²) in [6, 6.07) is 5.89. The van der Waals surface area contributed by atoms with Gasteiger partial charge < -0.3 is 15.0 Å². The van der Waals surface area contributed by atoms with Crippen LogP contribution >= 0.6 is 11.3 Å². The van der Waals surface area contributed by atoms with Crippen LogP contribution in [0.5, 0.6) is 0 Å². The molecule has 0 saturated carbocycles. The van der Waals surface area contributed by atoms with E-state index >= 15 is 0 Å². The highest BCUT2D eigenvalue weighted by atomic mass is 32.1. The lowest BCUT2D eigenvalue weighted by atomic mass is 10.1. The molecule has 0 aliphatic carbocycles. The molecule has 6 heteroatoms. The van der Waals surface area contributed by atoms with E-state index in [1.54, 1.807) is 17.5 Å². The number of pyridine rings is 1. The average Bonchev–Trinajstić information content (AvgIpc) is 2.92. The zero-order valence-electron chi connectivity index (χ0n) is 16.1. The minimum absolute atomic E-state index is 0.0203. The topological polar surface area (TPSA) is 54.5 Å². The van der Waals surface area contributed by atoms with Crippen LogP contribution in [-0.2, 0) is 4.74 Å². The second-order valence-electron chi connectivity index (χ2n) is 7.13. The van der Waals surface area contributed by atoms with Crippen molar-refractivity contribution in [2.75, 3.05) is 18.0 Å². The van der Waals surface area contributed by atoms with E-state index in [9.17, 15) is 4.79 Å². The molecule has 1 aliphatic heterocycles. The van der Waals surface area contributed by atoms with E-state index in [0.717, 1.165) is 18.9 Å². The van der Waals surface area contributed by atoms with Crippen molar-refractivity contribution in [3.05, 3.63) is 45.3 Å². The van der Waals surface area contributed by atoms with Gasteiger partial charge in [0.15, 0.2) is 0 Å². The number of hydrogen-bond donors (Lipinski definition) is 1. The van der Waals surface area contributed by atoms with Crippen LogP contribution in [-0.4, -0.2) is 36.2 Å². The Morgan fingerprint density at radius 3 is 2.54 bits per heavy atom. The third kappa shape index (κ3) is 4.24. The van der Waals surface area contributed by atoms with Crippen molar-refractivity contribution in [2.24, 2.45) is 0 Å². The summed E-state index contributed by atoms with van der Waals surface area (Å²) in [6.07, 6.45) is 2.02. The highest BCUT2D eigenvalue weighted by molar-refractivity contribution is 7.12. The van der Waals surface area contributed by atoms with Crippen molar-refractivity contribution < 1.29 is 9.53 Å². The maximum Gasteiger partial charge on any atom is 0.253 e. The van der Waals surface area contributed by atoms with E-state index in [2.05, 4.69) is 49.0 Å². The smallest absolute Gasteiger partial charge is 0.253 e. The van der Waals surface area contributed by atoms with Gasteiger partial charge in [-0.3, -0.25) is 4.79 Å². The van der Waals surface area contributed by atoms with Gasteiger partial charge in [-0.2, -0.15) is 0 Å². The number of anilines is 1. The summed E-state index contributed by atoms with van der Waals surface area (Å²) in [5.74, 6) is 0.796. The molecule has 0 spiro atoms. The number of rotatable bonds is 4. The van der Waals surface area contributed by atoms with Crippen LogP contribution in [0.25, 0.3) is 0 Å². The first-order valence-corrected chi connectivity index (χ1v) is 9.89. The summed E-state index contributed by atoms with van der Waals surface area (Å²) >= 11 is 1.76. The maximum atomic E-state index is 12.6. The Balaban J connectivity index is 1.66. The molecule has 3 rings (SSSR count). The second kappa shape index (κ2) is 7.76. The fourth-order valence-electron chi connectivity index (χ4n) is 3.51. The molecule has 0 bridgehead atoms. The minimum atomic E-state index is -0.0940. The summed E-state index contributed by atoms with van der Waals surface area (Å²) in [6.45, 7) is 12.0. The Morgan fingerprint density at radius 1 is 1.31 bits per heavy atom. The molecule has 140 valence electrons. The molecule has 3 atom stereocenters. The van der Waals surface area contributed by atoms with Gasteiger partial charge in [-0.15, -0.1) is 11.3 Å². The predicted octanol–water partition coefficient (Wildman–Crippen LogP) is 3.86. The Hall–Kier alpha value is -1.92. The first-order valence-electron chi connectivity index (χ1n) is 9.07. The van der Waals surface area contributed by atoms with E-state index in [4.69, 9.17) is 4.74 Å². The van der Waals surface area contributed by atoms with Crippen molar-refractivity contribution in [1.29, 1.82) is 0 Å². The normalized spacial score (nSPS) is 21.5. The highest BCUT2D eigenvalue weighted by Crippen LogP contribution is 2.26. The monoisotopic (exact) mass is 373 g/mol. The van der Waals surface area contributed by atoms with Gasteiger partial charge in [-0.05, 0) is 58.4 Å². The summed E-state index contributed by atoms with van der Waals surface area (Å²) in [5, 5.41) is 3.07. The number of aromatic nitrogens is 1. The number of carbonyl (C=O) groups excluding carboxylic acids is 1. The van der Waals surface area contributed by atoms with Gasteiger partial charge >= 0.3 is 0 Å². The molecule has 0 aromatic carbocycles. The van der Waals surface area contributed by atoms with E-state index in [0.29, 0.717) is 5.56 Å². The lowest BCUT2D eigenvalue weighted by Crippen LogP contribution is -2.45. The number of ether oxygens (including phenoxy) is 1. The van der Waals surface area contributed by atoms with E-state index in [1.165, 1.54) is 15.3 Å². The Kier molecular flexibility index (Phi) is 5.63. The molecule has 1 fully saturated rings. The average molecular weight is 374 g/mol. The number of carbonyl (C=O) groups is 1. The first-order chi connectivity index (χ1) is 12.3. The van der Waals surface area contributed by atoms with Crippen LogP contribution in [0.3, 0.4) is 0 Å². The molecule has 1 N–H and O–H groups in total. The largest absolute Gasteiger partial charge is 0.372 e. The third-order valence-electron chi connectivity index (χ3n) is 4.65. The lowest BCUT2D eigenvalue weighted by Gasteiger charge is -2.36. The number of aryl methyl sites for hydroxylation is 2. The van der Waals surface area contributed by atoms with E-state index < -0.39 is 0 Å². The Labute approximate surface area is 159 Å². The summed E-state index contributed by atoms with van der Waals surface area (Å²) in [4.78, 5) is 21.8. The van der Waals surface area contributed by atoms with E-state index in [1.807, 2.05) is 19.1 Å². The molecule has 26 heavy (non-hydrogen) atoms. The fourth-order valence-corrected chi connectivity index (χ4v) is 4.53. The zero-order chi connectivity index (χ0) is 18.8. The summed E-state index contributed by atoms with van der Waals surface area (Å²) in [5.41, 5.74) is 1.77. The molecule has 1 aliphatic rings. The van der Waals surface area contributed by atoms with E-state index in [-0.39, 0.29) is 24.2 Å². The SMILES string of the molecule is Cc1cc(C(C)NC(=O)c2ccc(N3CC(C)OC(C)C3)nc2)c(C)s1. The van der Waals surface area contributed by atoms with Gasteiger partial charge in [0.1, 0.15) is 5.82 Å². The Morgan fingerprint density at radius 2 is 2.00 bits per heavy atom. The van der Waals surface area contributed by atoms with Crippen molar-refractivity contribution in [3.8, 4) is 0 Å². The van der Waals surface area contributed by atoms with Crippen molar-refractivity contribution in [3.63, 3.8) is 0 Å². The van der Waals surface area contributed by atoms with Crippen LogP contribution < -0.4 is 10.2 Å². The standard InChI is InChI=1S/C20H27N3O2S/c1-12-10-23(11-13(2)25-12)19-7-6-17(9-21-19)20(24)22-15(4)18-8-14(3)26-16(18)5/h6-9,12-13,15H,10-11H2,1-5H3,(H,22,24). The molecule has 5 nitrogen and oxygen atoms in total. The van der Waals surface area contributed by atoms with Gasteiger partial charge in [0, 0.05) is 29.0 Å². The number of hydrogen-bond acceptors (Lipinski definition) is 5. The van der Waals surface area contributed by atoms with Gasteiger partial charge in [0.2, 0.25) is 0 Å². The molecule has 3 unspecified atom stereocenters. The number of thiophene rings is 1. The quantitative estimate of drug-likeness (QED) is 0.884. The molecule has 0 radical (unpaired) electrons. The maximum absolute atomic E-state index is 12.6. The summed E-state index contributed by atoms with van der Waals surface area (Å²) < 4.78 is 5.76. The molecular formula is C20H27N3O2S. The Bertz CT molecular complexity index is 762. The van der Waals surface area contributed by atoms with Crippen molar-refractivity contribution in [2.45, 2.75) is 52.9 Å². The van der Waals surface area contributed by atoms with Crippen molar-refractivity contribution in [1.82, 2.24) is 10.3 Å².